The van der Waals surface area contributed by atoms with Gasteiger partial charge in [-0.2, -0.15) is 5.26 Å². The summed E-state index contributed by atoms with van der Waals surface area (Å²) in [5.74, 6) is 0. The zero-order valence-electron chi connectivity index (χ0n) is 9.91. The van der Waals surface area contributed by atoms with Gasteiger partial charge >= 0.3 is 0 Å². The highest BCUT2D eigenvalue weighted by atomic mass is 32.2. The summed E-state index contributed by atoms with van der Waals surface area (Å²) < 4.78 is 0.806. The highest BCUT2D eigenvalue weighted by Crippen LogP contribution is 2.35. The predicted molar refractivity (Wildman–Crippen MR) is 73.9 cm³/mol. The Kier molecular flexibility index (Phi) is 3.69. The van der Waals surface area contributed by atoms with Gasteiger partial charge in [0.05, 0.1) is 11.6 Å². The highest BCUT2D eigenvalue weighted by Gasteiger charge is 2.09. The summed E-state index contributed by atoms with van der Waals surface area (Å²) >= 11 is 2.91. The van der Waals surface area contributed by atoms with Crippen molar-refractivity contribution in [3.05, 3.63) is 23.8 Å². The van der Waals surface area contributed by atoms with Gasteiger partial charge in [-0.25, -0.2) is 0 Å². The van der Waals surface area contributed by atoms with Crippen LogP contribution < -0.4 is 10.6 Å². The maximum atomic E-state index is 8.86. The maximum absolute atomic E-state index is 8.86. The Morgan fingerprint density at radius 1 is 1.39 bits per heavy atom. The summed E-state index contributed by atoms with van der Waals surface area (Å²) in [6.45, 7) is 0. The molecule has 0 amide bonds. The van der Waals surface area contributed by atoms with E-state index in [0.29, 0.717) is 11.3 Å². The summed E-state index contributed by atoms with van der Waals surface area (Å²) in [4.78, 5) is 2.73. The molecule has 1 aromatic carbocycles. The predicted octanol–water partition coefficient (Wildman–Crippen LogP) is 2.21. The first-order valence-electron chi connectivity index (χ1n) is 5.08. The first kappa shape index (κ1) is 12.7. The van der Waals surface area contributed by atoms with Gasteiger partial charge in [-0.05, 0) is 18.2 Å². The van der Waals surface area contributed by atoms with Gasteiger partial charge in [0.25, 0.3) is 0 Å². The van der Waals surface area contributed by atoms with E-state index in [2.05, 4.69) is 16.3 Å². The molecule has 0 unspecified atom stereocenters. The summed E-state index contributed by atoms with van der Waals surface area (Å²) in [6.07, 6.45) is 0. The quantitative estimate of drug-likeness (QED) is 0.867. The fourth-order valence-electron chi connectivity index (χ4n) is 1.21. The van der Waals surface area contributed by atoms with E-state index in [9.17, 15) is 0 Å². The monoisotopic (exact) mass is 277 g/mol. The molecule has 0 bridgehead atoms. The molecule has 2 N–H and O–H groups in total. The van der Waals surface area contributed by atoms with Crippen molar-refractivity contribution in [2.75, 3.05) is 24.7 Å². The van der Waals surface area contributed by atoms with E-state index in [0.717, 1.165) is 14.4 Å². The Balaban J connectivity index is 2.25. The minimum atomic E-state index is 0.587. The van der Waals surface area contributed by atoms with Crippen LogP contribution in [0.5, 0.6) is 0 Å². The number of anilines is 2. The topological polar surface area (TPSA) is 78.8 Å². The molecule has 5 nitrogen and oxygen atoms in total. The summed E-state index contributed by atoms with van der Waals surface area (Å²) in [5.41, 5.74) is 7.10. The van der Waals surface area contributed by atoms with Crippen LogP contribution >= 0.6 is 23.1 Å². The third kappa shape index (κ3) is 2.72. The first-order chi connectivity index (χ1) is 8.60. The number of benzene rings is 1. The Labute approximate surface area is 113 Å². The average molecular weight is 277 g/mol. The van der Waals surface area contributed by atoms with E-state index in [-0.39, 0.29) is 0 Å². The molecule has 2 aromatic rings. The van der Waals surface area contributed by atoms with Crippen molar-refractivity contribution in [1.29, 1.82) is 5.26 Å². The zero-order chi connectivity index (χ0) is 13.1. The lowest BCUT2D eigenvalue weighted by Crippen LogP contribution is -2.07. The van der Waals surface area contributed by atoms with E-state index in [1.54, 1.807) is 18.2 Å². The Morgan fingerprint density at radius 2 is 2.17 bits per heavy atom. The van der Waals surface area contributed by atoms with Crippen molar-refractivity contribution in [3.63, 3.8) is 0 Å². The molecule has 1 aromatic heterocycles. The standard InChI is InChI=1S/C11H11N5S2/c1-16(2)10-14-15-11(18-10)17-9-5-7(6-12)3-4-8(9)13/h3-5H,13H2,1-2H3. The molecule has 2 rings (SSSR count). The van der Waals surface area contributed by atoms with Gasteiger partial charge in [0.2, 0.25) is 5.13 Å². The van der Waals surface area contributed by atoms with Crippen LogP contribution in [0.4, 0.5) is 10.8 Å². The Bertz CT molecular complexity index is 600. The van der Waals surface area contributed by atoms with E-state index < -0.39 is 0 Å². The molecule has 0 aliphatic heterocycles. The number of nitrogens with zero attached hydrogens (tertiary/aromatic N) is 4. The molecule has 0 aliphatic rings. The van der Waals surface area contributed by atoms with Crippen LogP contribution in [0.3, 0.4) is 0 Å². The van der Waals surface area contributed by atoms with Crippen LogP contribution in [-0.2, 0) is 0 Å². The summed E-state index contributed by atoms with van der Waals surface area (Å²) in [7, 11) is 3.83. The van der Waals surface area contributed by atoms with Crippen molar-refractivity contribution in [1.82, 2.24) is 10.2 Å². The minimum absolute atomic E-state index is 0.587. The van der Waals surface area contributed by atoms with Crippen molar-refractivity contribution in [2.45, 2.75) is 9.24 Å². The Hall–Kier alpha value is -1.78. The smallest absolute Gasteiger partial charge is 0.208 e. The van der Waals surface area contributed by atoms with Crippen LogP contribution in [-0.4, -0.2) is 24.3 Å². The van der Waals surface area contributed by atoms with Gasteiger partial charge in [0.1, 0.15) is 0 Å². The molecule has 0 fully saturated rings. The molecule has 0 radical (unpaired) electrons. The lowest BCUT2D eigenvalue weighted by atomic mass is 10.2. The third-order valence-corrected chi connectivity index (χ3v) is 4.33. The number of rotatable bonds is 3. The zero-order valence-corrected chi connectivity index (χ0v) is 11.5. The molecule has 1 heterocycles. The largest absolute Gasteiger partial charge is 0.398 e. The third-order valence-electron chi connectivity index (χ3n) is 2.12. The second-order valence-electron chi connectivity index (χ2n) is 3.71. The van der Waals surface area contributed by atoms with Crippen LogP contribution in [0.25, 0.3) is 0 Å². The number of hydrogen-bond acceptors (Lipinski definition) is 7. The second-order valence-corrected chi connectivity index (χ2v) is 5.96. The number of hydrogen-bond donors (Lipinski definition) is 1. The summed E-state index contributed by atoms with van der Waals surface area (Å²) in [6, 6.07) is 7.28. The molecule has 0 saturated carbocycles. The van der Waals surface area contributed by atoms with Crippen LogP contribution in [0.15, 0.2) is 27.4 Å². The molecular weight excluding hydrogens is 266 g/mol. The molecule has 7 heteroatoms. The molecule has 0 saturated heterocycles. The SMILES string of the molecule is CN(C)c1nnc(Sc2cc(C#N)ccc2N)s1. The molecule has 18 heavy (non-hydrogen) atoms. The maximum Gasteiger partial charge on any atom is 0.208 e. The fourth-order valence-corrected chi connectivity index (χ4v) is 3.01. The molecule has 92 valence electrons. The lowest BCUT2D eigenvalue weighted by Gasteiger charge is -2.04. The van der Waals surface area contributed by atoms with Crippen molar-refractivity contribution in [3.8, 4) is 6.07 Å². The van der Waals surface area contributed by atoms with Crippen LogP contribution in [0.1, 0.15) is 5.56 Å². The number of nitrogen functional groups attached to an aromatic ring is 1. The van der Waals surface area contributed by atoms with E-state index >= 15 is 0 Å². The average Bonchev–Trinajstić information content (AvgIpc) is 2.81. The summed E-state index contributed by atoms with van der Waals surface area (Å²) in [5, 5.41) is 17.8. The number of nitrogens with two attached hydrogens (primary N) is 1. The van der Waals surface area contributed by atoms with Gasteiger partial charge in [-0.3, -0.25) is 0 Å². The first-order valence-corrected chi connectivity index (χ1v) is 6.72. The Morgan fingerprint density at radius 3 is 2.78 bits per heavy atom. The van der Waals surface area contributed by atoms with E-state index in [1.165, 1.54) is 23.1 Å². The molecule has 0 atom stereocenters. The highest BCUT2D eigenvalue weighted by molar-refractivity contribution is 8.01. The van der Waals surface area contributed by atoms with Gasteiger partial charge in [-0.15, -0.1) is 10.2 Å². The van der Waals surface area contributed by atoms with Crippen molar-refractivity contribution >= 4 is 33.9 Å². The lowest BCUT2D eigenvalue weighted by molar-refractivity contribution is 0.973. The number of aromatic nitrogens is 2. The molecular formula is C11H11N5S2. The molecule has 0 aliphatic carbocycles. The van der Waals surface area contributed by atoms with Gasteiger partial charge in [0, 0.05) is 24.7 Å². The van der Waals surface area contributed by atoms with Crippen molar-refractivity contribution in [2.24, 2.45) is 0 Å². The second kappa shape index (κ2) is 5.25. The van der Waals surface area contributed by atoms with E-state index in [4.69, 9.17) is 11.0 Å². The fraction of sp³-hybridized carbons (Fsp3) is 0.182. The normalized spacial score (nSPS) is 10.1. The van der Waals surface area contributed by atoms with Crippen molar-refractivity contribution < 1.29 is 0 Å². The number of nitriles is 1. The van der Waals surface area contributed by atoms with Gasteiger partial charge in [0.15, 0.2) is 4.34 Å². The minimum Gasteiger partial charge on any atom is -0.398 e. The van der Waals surface area contributed by atoms with Crippen LogP contribution in [0, 0.1) is 11.3 Å². The van der Waals surface area contributed by atoms with Gasteiger partial charge in [-0.1, -0.05) is 23.1 Å². The van der Waals surface area contributed by atoms with Gasteiger partial charge < -0.3 is 10.6 Å². The van der Waals surface area contributed by atoms with E-state index in [1.807, 2.05) is 19.0 Å². The molecule has 0 spiro atoms. The van der Waals surface area contributed by atoms with Crippen LogP contribution in [0.2, 0.25) is 0 Å².